The molecule has 0 heterocycles. The Morgan fingerprint density at radius 1 is 0.850 bits per heavy atom. The van der Waals surface area contributed by atoms with E-state index >= 15 is 0 Å². The van der Waals surface area contributed by atoms with Crippen LogP contribution in [0.5, 0.6) is 0 Å². The summed E-state index contributed by atoms with van der Waals surface area (Å²) in [7, 11) is 0. The Morgan fingerprint density at radius 3 is 1.85 bits per heavy atom. The molecule has 0 aliphatic heterocycles. The first kappa shape index (κ1) is 14.1. The van der Waals surface area contributed by atoms with E-state index in [9.17, 15) is 18.0 Å². The number of ketones is 1. The number of Topliss-reactive ketones (excluding diaryl/α,β-unsaturated/α-hetero) is 1. The Labute approximate surface area is 114 Å². The first-order valence-corrected chi connectivity index (χ1v) is 5.92. The number of hydrogen-bond donors (Lipinski definition) is 0. The van der Waals surface area contributed by atoms with Crippen LogP contribution in [0.3, 0.4) is 0 Å². The fourth-order valence-electron chi connectivity index (χ4n) is 1.74. The number of allylic oxidation sites excluding steroid dienone is 1. The molecule has 0 radical (unpaired) electrons. The summed E-state index contributed by atoms with van der Waals surface area (Å²) in [6.07, 6.45) is -3.82. The van der Waals surface area contributed by atoms with Gasteiger partial charge < -0.3 is 0 Å². The topological polar surface area (TPSA) is 17.1 Å². The van der Waals surface area contributed by atoms with E-state index in [4.69, 9.17) is 0 Å². The maximum absolute atomic E-state index is 13.1. The van der Waals surface area contributed by atoms with E-state index in [1.54, 1.807) is 24.3 Å². The van der Waals surface area contributed by atoms with Gasteiger partial charge >= 0.3 is 6.18 Å². The summed E-state index contributed by atoms with van der Waals surface area (Å²) in [5.74, 6) is -1.03. The van der Waals surface area contributed by atoms with Crippen molar-refractivity contribution in [2.45, 2.75) is 6.18 Å². The van der Waals surface area contributed by atoms with Crippen LogP contribution in [0.15, 0.2) is 66.2 Å². The summed E-state index contributed by atoms with van der Waals surface area (Å²) in [5.41, 5.74) is -0.814. The lowest BCUT2D eigenvalue weighted by Gasteiger charge is -2.11. The fraction of sp³-hybridized carbons (Fsp3) is 0.0625. The molecule has 0 bridgehead atoms. The SMILES string of the molecule is O=C(/C(=C\c1ccccc1)C(F)(F)F)c1ccccc1. The normalized spacial score (nSPS) is 12.2. The van der Waals surface area contributed by atoms with Crippen LogP contribution < -0.4 is 0 Å². The molecule has 0 aliphatic carbocycles. The largest absolute Gasteiger partial charge is 0.420 e. The van der Waals surface area contributed by atoms with Crippen molar-refractivity contribution in [3.05, 3.63) is 77.4 Å². The van der Waals surface area contributed by atoms with Gasteiger partial charge in [0.1, 0.15) is 5.57 Å². The van der Waals surface area contributed by atoms with E-state index < -0.39 is 17.5 Å². The van der Waals surface area contributed by atoms with Crippen LogP contribution >= 0.6 is 0 Å². The van der Waals surface area contributed by atoms with Crippen molar-refractivity contribution < 1.29 is 18.0 Å². The van der Waals surface area contributed by atoms with Crippen molar-refractivity contribution in [2.75, 3.05) is 0 Å². The molecule has 0 saturated carbocycles. The lowest BCUT2D eigenvalue weighted by atomic mass is 10.0. The van der Waals surface area contributed by atoms with E-state index in [0.29, 0.717) is 5.56 Å². The summed E-state index contributed by atoms with van der Waals surface area (Å²) in [6, 6.07) is 15.4. The molecule has 2 rings (SSSR count). The van der Waals surface area contributed by atoms with Crippen LogP contribution in [0.1, 0.15) is 15.9 Å². The number of hydrogen-bond acceptors (Lipinski definition) is 1. The summed E-state index contributed by atoms with van der Waals surface area (Å²) in [5, 5.41) is 0. The summed E-state index contributed by atoms with van der Waals surface area (Å²) < 4.78 is 39.2. The van der Waals surface area contributed by atoms with E-state index in [-0.39, 0.29) is 5.56 Å². The van der Waals surface area contributed by atoms with Crippen LogP contribution in [-0.2, 0) is 0 Å². The predicted molar refractivity (Wildman–Crippen MR) is 71.2 cm³/mol. The Kier molecular flexibility index (Phi) is 4.03. The lowest BCUT2D eigenvalue weighted by Crippen LogP contribution is -2.20. The molecule has 0 spiro atoms. The van der Waals surface area contributed by atoms with Gasteiger partial charge in [0.15, 0.2) is 5.78 Å². The predicted octanol–water partition coefficient (Wildman–Crippen LogP) is 4.52. The molecule has 102 valence electrons. The van der Waals surface area contributed by atoms with Gasteiger partial charge in [-0.3, -0.25) is 4.79 Å². The molecule has 0 saturated heterocycles. The van der Waals surface area contributed by atoms with Gasteiger partial charge in [0, 0.05) is 5.56 Å². The number of carbonyl (C=O) groups excluding carboxylic acids is 1. The highest BCUT2D eigenvalue weighted by atomic mass is 19.4. The van der Waals surface area contributed by atoms with Gasteiger partial charge in [-0.15, -0.1) is 0 Å². The average Bonchev–Trinajstić information content (AvgIpc) is 2.45. The highest BCUT2D eigenvalue weighted by Gasteiger charge is 2.38. The minimum Gasteiger partial charge on any atom is -0.289 e. The van der Waals surface area contributed by atoms with Gasteiger partial charge in [0.05, 0.1) is 0 Å². The van der Waals surface area contributed by atoms with Crippen LogP contribution in [0.25, 0.3) is 6.08 Å². The fourth-order valence-corrected chi connectivity index (χ4v) is 1.74. The Bertz CT molecular complexity index is 613. The zero-order valence-electron chi connectivity index (χ0n) is 10.4. The van der Waals surface area contributed by atoms with E-state index in [2.05, 4.69) is 0 Å². The van der Waals surface area contributed by atoms with E-state index in [1.165, 1.54) is 36.4 Å². The second kappa shape index (κ2) is 5.74. The van der Waals surface area contributed by atoms with Crippen molar-refractivity contribution in [3.63, 3.8) is 0 Å². The third-order valence-corrected chi connectivity index (χ3v) is 2.70. The molecule has 0 amide bonds. The number of carbonyl (C=O) groups is 1. The van der Waals surface area contributed by atoms with E-state index in [0.717, 1.165) is 6.08 Å². The van der Waals surface area contributed by atoms with E-state index in [1.807, 2.05) is 0 Å². The molecule has 0 aromatic heterocycles. The molecule has 20 heavy (non-hydrogen) atoms. The maximum atomic E-state index is 13.1. The third kappa shape index (κ3) is 3.35. The number of rotatable bonds is 3. The van der Waals surface area contributed by atoms with Crippen molar-refractivity contribution in [1.29, 1.82) is 0 Å². The van der Waals surface area contributed by atoms with Gasteiger partial charge in [0.25, 0.3) is 0 Å². The number of benzene rings is 2. The van der Waals surface area contributed by atoms with Gasteiger partial charge in [0.2, 0.25) is 0 Å². The van der Waals surface area contributed by atoms with Gasteiger partial charge in [-0.05, 0) is 11.6 Å². The quantitative estimate of drug-likeness (QED) is 0.595. The Morgan fingerprint density at radius 2 is 1.35 bits per heavy atom. The highest BCUT2D eigenvalue weighted by molar-refractivity contribution is 6.12. The summed E-state index contributed by atoms with van der Waals surface area (Å²) >= 11 is 0. The van der Waals surface area contributed by atoms with Crippen LogP contribution in [-0.4, -0.2) is 12.0 Å². The van der Waals surface area contributed by atoms with Crippen molar-refractivity contribution in [2.24, 2.45) is 0 Å². The molecule has 0 fully saturated rings. The minimum absolute atomic E-state index is 0.0204. The smallest absolute Gasteiger partial charge is 0.289 e. The van der Waals surface area contributed by atoms with Crippen LogP contribution in [0, 0.1) is 0 Å². The van der Waals surface area contributed by atoms with Gasteiger partial charge in [-0.1, -0.05) is 60.7 Å². The second-order valence-electron chi connectivity index (χ2n) is 4.16. The zero-order valence-corrected chi connectivity index (χ0v) is 10.4. The second-order valence-corrected chi connectivity index (χ2v) is 4.16. The Balaban J connectivity index is 2.45. The van der Waals surface area contributed by atoms with Gasteiger partial charge in [-0.25, -0.2) is 0 Å². The van der Waals surface area contributed by atoms with Crippen LogP contribution in [0.2, 0.25) is 0 Å². The molecule has 2 aromatic rings. The maximum Gasteiger partial charge on any atom is 0.420 e. The highest BCUT2D eigenvalue weighted by Crippen LogP contribution is 2.30. The van der Waals surface area contributed by atoms with Crippen molar-refractivity contribution in [3.8, 4) is 0 Å². The number of halogens is 3. The summed E-state index contributed by atoms with van der Waals surface area (Å²) in [4.78, 5) is 12.0. The molecular weight excluding hydrogens is 265 g/mol. The third-order valence-electron chi connectivity index (χ3n) is 2.70. The first-order valence-electron chi connectivity index (χ1n) is 5.92. The van der Waals surface area contributed by atoms with Gasteiger partial charge in [-0.2, -0.15) is 13.2 Å². The molecule has 4 heteroatoms. The molecule has 0 unspecified atom stereocenters. The molecule has 0 aliphatic rings. The summed E-state index contributed by atoms with van der Waals surface area (Å²) in [6.45, 7) is 0. The molecule has 2 aromatic carbocycles. The molecule has 0 N–H and O–H groups in total. The monoisotopic (exact) mass is 276 g/mol. The van der Waals surface area contributed by atoms with Crippen molar-refractivity contribution >= 4 is 11.9 Å². The lowest BCUT2D eigenvalue weighted by molar-refractivity contribution is -0.0878. The zero-order chi connectivity index (χ0) is 14.6. The molecule has 1 nitrogen and oxygen atoms in total. The van der Waals surface area contributed by atoms with Crippen molar-refractivity contribution in [1.82, 2.24) is 0 Å². The standard InChI is InChI=1S/C16H11F3O/c17-16(18,19)14(11-12-7-3-1-4-8-12)15(20)13-9-5-2-6-10-13/h1-11H/b14-11+. The average molecular weight is 276 g/mol. The first-order chi connectivity index (χ1) is 9.48. The number of alkyl halides is 3. The Hall–Kier alpha value is -2.36. The van der Waals surface area contributed by atoms with Crippen LogP contribution in [0.4, 0.5) is 13.2 Å². The molecule has 0 atom stereocenters. The molecular formula is C16H11F3O. The minimum atomic E-state index is -4.69.